The molecule has 1 unspecified atom stereocenters. The second-order valence-electron chi connectivity index (χ2n) is 5.85. The molecular weight excluding hydrogens is 355 g/mol. The Morgan fingerprint density at radius 3 is 2.62 bits per heavy atom. The zero-order chi connectivity index (χ0) is 19.1. The van der Waals surface area contributed by atoms with Gasteiger partial charge in [0.05, 0.1) is 18.7 Å². The van der Waals surface area contributed by atoms with Crippen LogP contribution in [0.15, 0.2) is 42.5 Å². The van der Waals surface area contributed by atoms with Gasteiger partial charge in [0.15, 0.2) is 0 Å². The molecule has 1 atom stereocenters. The van der Waals surface area contributed by atoms with Crippen LogP contribution >= 0.6 is 11.6 Å². The fraction of sp³-hybridized carbons (Fsp3) is 0.350. The molecule has 0 aliphatic rings. The van der Waals surface area contributed by atoms with Crippen LogP contribution in [0.2, 0.25) is 5.02 Å². The van der Waals surface area contributed by atoms with Crippen LogP contribution in [-0.2, 0) is 0 Å². The predicted molar refractivity (Wildman–Crippen MR) is 102 cm³/mol. The van der Waals surface area contributed by atoms with Gasteiger partial charge in [-0.3, -0.25) is 9.69 Å². The van der Waals surface area contributed by atoms with Gasteiger partial charge in [0.25, 0.3) is 5.91 Å². The zero-order valence-corrected chi connectivity index (χ0v) is 16.0. The normalized spacial score (nSPS) is 12.1. The number of carbonyl (C=O) groups excluding carboxylic acids is 1. The molecule has 140 valence electrons. The Hall–Kier alpha value is -2.11. The molecule has 26 heavy (non-hydrogen) atoms. The molecule has 0 fully saturated rings. The molecule has 0 aliphatic carbocycles. The topological polar surface area (TPSA) is 41.6 Å². The molecule has 0 heterocycles. The molecule has 0 aliphatic heterocycles. The van der Waals surface area contributed by atoms with Crippen LogP contribution in [0, 0.1) is 5.82 Å². The van der Waals surface area contributed by atoms with Crippen molar-refractivity contribution in [2.24, 2.45) is 0 Å². The molecule has 4 nitrogen and oxygen atoms in total. The van der Waals surface area contributed by atoms with Crippen molar-refractivity contribution in [3.05, 3.63) is 64.4 Å². The van der Waals surface area contributed by atoms with Crippen molar-refractivity contribution in [3.63, 3.8) is 0 Å². The Kier molecular flexibility index (Phi) is 7.42. The first-order valence-corrected chi connectivity index (χ1v) is 8.99. The van der Waals surface area contributed by atoms with Crippen molar-refractivity contribution in [2.75, 3.05) is 26.7 Å². The van der Waals surface area contributed by atoms with Gasteiger partial charge < -0.3 is 10.1 Å². The number of ether oxygens (including phenoxy) is 1. The maximum Gasteiger partial charge on any atom is 0.254 e. The summed E-state index contributed by atoms with van der Waals surface area (Å²) >= 11 is 5.88. The lowest BCUT2D eigenvalue weighted by Crippen LogP contribution is -2.38. The van der Waals surface area contributed by atoms with Crippen molar-refractivity contribution in [1.82, 2.24) is 10.2 Å². The van der Waals surface area contributed by atoms with Crippen molar-refractivity contribution >= 4 is 17.5 Å². The monoisotopic (exact) mass is 378 g/mol. The number of hydrogen-bond donors (Lipinski definition) is 1. The number of benzene rings is 2. The van der Waals surface area contributed by atoms with E-state index in [1.807, 2.05) is 24.3 Å². The molecule has 0 spiro atoms. The van der Waals surface area contributed by atoms with E-state index < -0.39 is 11.7 Å². The molecule has 2 rings (SSSR count). The first-order chi connectivity index (χ1) is 12.5. The SMILES string of the molecule is CCN(CC)C(CNC(=O)c1cc(Cl)ccc1F)c1cccc(OC)c1. The molecule has 6 heteroatoms. The number of likely N-dealkylation sites (N-methyl/N-ethyl adjacent to an activating group) is 1. The van der Waals surface area contributed by atoms with Crippen molar-refractivity contribution < 1.29 is 13.9 Å². The highest BCUT2D eigenvalue weighted by atomic mass is 35.5. The minimum Gasteiger partial charge on any atom is -0.497 e. The van der Waals surface area contributed by atoms with Crippen molar-refractivity contribution in [1.29, 1.82) is 0 Å². The summed E-state index contributed by atoms with van der Waals surface area (Å²) in [5.74, 6) is -0.315. The van der Waals surface area contributed by atoms with Crippen LogP contribution in [0.4, 0.5) is 4.39 Å². The van der Waals surface area contributed by atoms with Gasteiger partial charge in [0, 0.05) is 11.6 Å². The van der Waals surface area contributed by atoms with Gasteiger partial charge in [-0.15, -0.1) is 0 Å². The minimum atomic E-state index is -0.590. The average Bonchev–Trinajstić information content (AvgIpc) is 2.66. The van der Waals surface area contributed by atoms with Gasteiger partial charge in [-0.05, 0) is 49.0 Å². The number of carbonyl (C=O) groups is 1. The van der Waals surface area contributed by atoms with Gasteiger partial charge in [-0.2, -0.15) is 0 Å². The number of amides is 1. The van der Waals surface area contributed by atoms with Gasteiger partial charge in [-0.1, -0.05) is 37.6 Å². The van der Waals surface area contributed by atoms with E-state index in [0.29, 0.717) is 11.6 Å². The van der Waals surface area contributed by atoms with Crippen LogP contribution in [0.25, 0.3) is 0 Å². The Bertz CT molecular complexity index is 750. The average molecular weight is 379 g/mol. The van der Waals surface area contributed by atoms with E-state index in [-0.39, 0.29) is 11.6 Å². The summed E-state index contributed by atoms with van der Waals surface area (Å²) < 4.78 is 19.2. The van der Waals surface area contributed by atoms with E-state index >= 15 is 0 Å². The molecule has 0 radical (unpaired) electrons. The van der Waals surface area contributed by atoms with E-state index in [1.54, 1.807) is 7.11 Å². The molecular formula is C20H24ClFN2O2. The smallest absolute Gasteiger partial charge is 0.254 e. The highest BCUT2D eigenvalue weighted by Gasteiger charge is 2.21. The molecule has 1 N–H and O–H groups in total. The molecule has 1 amide bonds. The third-order valence-electron chi connectivity index (χ3n) is 4.36. The molecule has 0 saturated heterocycles. The number of rotatable bonds is 8. The van der Waals surface area contributed by atoms with E-state index in [4.69, 9.17) is 16.3 Å². The van der Waals surface area contributed by atoms with Crippen LogP contribution in [-0.4, -0.2) is 37.6 Å². The summed E-state index contributed by atoms with van der Waals surface area (Å²) in [5, 5.41) is 3.16. The summed E-state index contributed by atoms with van der Waals surface area (Å²) in [6.07, 6.45) is 0. The van der Waals surface area contributed by atoms with Gasteiger partial charge >= 0.3 is 0 Å². The van der Waals surface area contributed by atoms with Gasteiger partial charge in [0.2, 0.25) is 0 Å². The lowest BCUT2D eigenvalue weighted by molar-refractivity contribution is 0.0931. The molecule has 2 aromatic carbocycles. The molecule has 0 bridgehead atoms. The van der Waals surface area contributed by atoms with Crippen molar-refractivity contribution in [3.8, 4) is 5.75 Å². The van der Waals surface area contributed by atoms with E-state index in [1.165, 1.54) is 18.2 Å². The third-order valence-corrected chi connectivity index (χ3v) is 4.60. The number of nitrogens with one attached hydrogen (secondary N) is 1. The largest absolute Gasteiger partial charge is 0.497 e. The zero-order valence-electron chi connectivity index (χ0n) is 15.3. The summed E-state index contributed by atoms with van der Waals surface area (Å²) in [6.45, 7) is 6.11. The lowest BCUT2D eigenvalue weighted by Gasteiger charge is -2.30. The molecule has 0 saturated carbocycles. The maximum atomic E-state index is 13.9. The van der Waals surface area contributed by atoms with Crippen LogP contribution < -0.4 is 10.1 Å². The quantitative estimate of drug-likeness (QED) is 0.744. The Morgan fingerprint density at radius 1 is 1.23 bits per heavy atom. The van der Waals surface area contributed by atoms with E-state index in [9.17, 15) is 9.18 Å². The van der Waals surface area contributed by atoms with Crippen LogP contribution in [0.3, 0.4) is 0 Å². The first-order valence-electron chi connectivity index (χ1n) is 8.61. The van der Waals surface area contributed by atoms with E-state index in [0.717, 1.165) is 24.4 Å². The van der Waals surface area contributed by atoms with Crippen molar-refractivity contribution in [2.45, 2.75) is 19.9 Å². The molecule has 0 aromatic heterocycles. The summed E-state index contributed by atoms with van der Waals surface area (Å²) in [6, 6.07) is 11.7. The fourth-order valence-corrected chi connectivity index (χ4v) is 3.10. The number of hydrogen-bond acceptors (Lipinski definition) is 3. The number of halogens is 2. The summed E-state index contributed by atoms with van der Waals surface area (Å²) in [7, 11) is 1.62. The highest BCUT2D eigenvalue weighted by Crippen LogP contribution is 2.24. The summed E-state index contributed by atoms with van der Waals surface area (Å²) in [4.78, 5) is 14.6. The van der Waals surface area contributed by atoms with Crippen LogP contribution in [0.5, 0.6) is 5.75 Å². The Labute approximate surface area is 158 Å². The van der Waals surface area contributed by atoms with Gasteiger partial charge in [-0.25, -0.2) is 4.39 Å². The van der Waals surface area contributed by atoms with Gasteiger partial charge in [0.1, 0.15) is 11.6 Å². The second kappa shape index (κ2) is 9.55. The van der Waals surface area contributed by atoms with E-state index in [2.05, 4.69) is 24.1 Å². The highest BCUT2D eigenvalue weighted by molar-refractivity contribution is 6.31. The second-order valence-corrected chi connectivity index (χ2v) is 6.28. The lowest BCUT2D eigenvalue weighted by atomic mass is 10.0. The minimum absolute atomic E-state index is 0.0497. The predicted octanol–water partition coefficient (Wildman–Crippen LogP) is 4.30. The van der Waals surface area contributed by atoms with Crippen LogP contribution in [0.1, 0.15) is 35.8 Å². The first kappa shape index (κ1) is 20.2. The Morgan fingerprint density at radius 2 is 1.96 bits per heavy atom. The third kappa shape index (κ3) is 4.96. The molecule has 2 aromatic rings. The maximum absolute atomic E-state index is 13.9. The number of methoxy groups -OCH3 is 1. The Balaban J connectivity index is 2.21. The fourth-order valence-electron chi connectivity index (χ4n) is 2.93. The number of nitrogens with zero attached hydrogens (tertiary/aromatic N) is 1. The summed E-state index contributed by atoms with van der Waals surface area (Å²) in [5.41, 5.74) is 0.973. The standard InChI is InChI=1S/C20H24ClFN2O2/c1-4-24(5-2)19(14-7-6-8-16(11-14)26-3)13-23-20(25)17-12-15(21)9-10-18(17)22/h6-12,19H,4-5,13H2,1-3H3,(H,23,25).